The molecule has 6 nitrogen and oxygen atoms in total. The van der Waals surface area contributed by atoms with Crippen molar-refractivity contribution in [1.82, 2.24) is 9.80 Å². The van der Waals surface area contributed by atoms with Crippen molar-refractivity contribution in [1.29, 1.82) is 0 Å². The molecule has 1 fully saturated rings. The Kier molecular flexibility index (Phi) is 5.80. The molecule has 0 aromatic rings. The standard InChI is InChI=1S/C14H26N2O4/c1-11(2)16(8-4-5-12(17)18)13(19)15-9-6-14(3,20)7-10-15/h11,20H,4-10H2,1-3H3,(H,17,18). The van der Waals surface area contributed by atoms with Crippen LogP contribution in [0.15, 0.2) is 0 Å². The first-order chi connectivity index (χ1) is 9.23. The second-order valence-electron chi connectivity index (χ2n) is 6.05. The van der Waals surface area contributed by atoms with Gasteiger partial charge in [0.05, 0.1) is 5.60 Å². The number of rotatable bonds is 5. The highest BCUT2D eigenvalue weighted by molar-refractivity contribution is 5.75. The van der Waals surface area contributed by atoms with Crippen molar-refractivity contribution in [3.8, 4) is 0 Å². The van der Waals surface area contributed by atoms with Crippen LogP contribution in [0, 0.1) is 0 Å². The number of carbonyl (C=O) groups excluding carboxylic acids is 1. The van der Waals surface area contributed by atoms with Crippen molar-refractivity contribution in [2.75, 3.05) is 19.6 Å². The van der Waals surface area contributed by atoms with Gasteiger partial charge in [0.2, 0.25) is 0 Å². The van der Waals surface area contributed by atoms with Gasteiger partial charge in [0.1, 0.15) is 0 Å². The van der Waals surface area contributed by atoms with E-state index in [0.29, 0.717) is 38.9 Å². The molecule has 0 bridgehead atoms. The van der Waals surface area contributed by atoms with E-state index in [9.17, 15) is 14.7 Å². The molecule has 6 heteroatoms. The van der Waals surface area contributed by atoms with Crippen LogP contribution >= 0.6 is 0 Å². The Morgan fingerprint density at radius 2 is 1.85 bits per heavy atom. The average Bonchev–Trinajstić information content (AvgIpc) is 2.33. The maximum Gasteiger partial charge on any atom is 0.320 e. The third-order valence-electron chi connectivity index (χ3n) is 3.77. The SMILES string of the molecule is CC(C)N(CCCC(=O)O)C(=O)N1CCC(C)(O)CC1. The predicted molar refractivity (Wildman–Crippen MR) is 75.5 cm³/mol. The van der Waals surface area contributed by atoms with E-state index in [1.807, 2.05) is 13.8 Å². The number of hydrogen-bond donors (Lipinski definition) is 2. The van der Waals surface area contributed by atoms with Crippen LogP contribution in [0.5, 0.6) is 0 Å². The minimum atomic E-state index is -0.838. The molecule has 20 heavy (non-hydrogen) atoms. The van der Waals surface area contributed by atoms with Crippen LogP contribution in [0.25, 0.3) is 0 Å². The summed E-state index contributed by atoms with van der Waals surface area (Å²) in [5, 5.41) is 18.6. The number of carbonyl (C=O) groups is 2. The van der Waals surface area contributed by atoms with Crippen molar-refractivity contribution < 1.29 is 19.8 Å². The third-order valence-corrected chi connectivity index (χ3v) is 3.77. The number of hydrogen-bond acceptors (Lipinski definition) is 3. The van der Waals surface area contributed by atoms with Gasteiger partial charge in [0, 0.05) is 32.1 Å². The highest BCUT2D eigenvalue weighted by Crippen LogP contribution is 2.22. The van der Waals surface area contributed by atoms with Gasteiger partial charge >= 0.3 is 12.0 Å². The molecule has 1 aliphatic rings. The van der Waals surface area contributed by atoms with E-state index in [1.165, 1.54) is 0 Å². The first-order valence-electron chi connectivity index (χ1n) is 7.22. The number of piperidine rings is 1. The summed E-state index contributed by atoms with van der Waals surface area (Å²) in [5.74, 6) is -0.838. The summed E-state index contributed by atoms with van der Waals surface area (Å²) < 4.78 is 0. The Labute approximate surface area is 120 Å². The molecule has 0 spiro atoms. The highest BCUT2D eigenvalue weighted by Gasteiger charge is 2.32. The number of amides is 2. The smallest absolute Gasteiger partial charge is 0.320 e. The molecule has 2 amide bonds. The Hall–Kier alpha value is -1.30. The number of aliphatic carboxylic acids is 1. The quantitative estimate of drug-likeness (QED) is 0.803. The normalized spacial score (nSPS) is 18.1. The van der Waals surface area contributed by atoms with E-state index >= 15 is 0 Å². The third kappa shape index (κ3) is 5.00. The van der Waals surface area contributed by atoms with Crippen molar-refractivity contribution in [3.63, 3.8) is 0 Å². The molecule has 0 aromatic carbocycles. The van der Waals surface area contributed by atoms with Crippen LogP contribution in [0.4, 0.5) is 4.79 Å². The van der Waals surface area contributed by atoms with Crippen molar-refractivity contribution >= 4 is 12.0 Å². The molecule has 0 radical (unpaired) electrons. The molecule has 1 saturated heterocycles. The largest absolute Gasteiger partial charge is 0.481 e. The predicted octanol–water partition coefficient (Wildman–Crippen LogP) is 1.53. The Morgan fingerprint density at radius 3 is 2.30 bits per heavy atom. The van der Waals surface area contributed by atoms with Crippen molar-refractivity contribution in [2.45, 2.75) is 58.1 Å². The minimum Gasteiger partial charge on any atom is -0.481 e. The van der Waals surface area contributed by atoms with Gasteiger partial charge in [-0.1, -0.05) is 0 Å². The summed E-state index contributed by atoms with van der Waals surface area (Å²) in [6.07, 6.45) is 1.70. The fraction of sp³-hybridized carbons (Fsp3) is 0.857. The summed E-state index contributed by atoms with van der Waals surface area (Å²) in [6, 6.07) is -0.0142. The second-order valence-corrected chi connectivity index (χ2v) is 6.05. The van der Waals surface area contributed by atoms with Crippen molar-refractivity contribution in [2.24, 2.45) is 0 Å². The molecule has 0 aromatic heterocycles. The van der Waals surface area contributed by atoms with E-state index in [-0.39, 0.29) is 18.5 Å². The van der Waals surface area contributed by atoms with E-state index in [0.717, 1.165) is 0 Å². The van der Waals surface area contributed by atoms with Gasteiger partial charge in [0.15, 0.2) is 0 Å². The molecular weight excluding hydrogens is 260 g/mol. The van der Waals surface area contributed by atoms with Gasteiger partial charge < -0.3 is 20.0 Å². The van der Waals surface area contributed by atoms with Gasteiger partial charge in [-0.15, -0.1) is 0 Å². The number of urea groups is 1. The van der Waals surface area contributed by atoms with Gasteiger partial charge in [-0.25, -0.2) is 4.79 Å². The van der Waals surface area contributed by atoms with Gasteiger partial charge in [-0.3, -0.25) is 4.79 Å². The number of carboxylic acids is 1. The molecular formula is C14H26N2O4. The fourth-order valence-corrected chi connectivity index (χ4v) is 2.34. The summed E-state index contributed by atoms with van der Waals surface area (Å²) in [7, 11) is 0. The highest BCUT2D eigenvalue weighted by atomic mass is 16.4. The maximum atomic E-state index is 12.4. The Morgan fingerprint density at radius 1 is 1.30 bits per heavy atom. The summed E-state index contributed by atoms with van der Waals surface area (Å²) in [5.41, 5.74) is -0.678. The van der Waals surface area contributed by atoms with Crippen LogP contribution in [0.3, 0.4) is 0 Å². The monoisotopic (exact) mass is 286 g/mol. The molecule has 0 unspecified atom stereocenters. The zero-order chi connectivity index (χ0) is 15.3. The minimum absolute atomic E-state index is 0.0405. The van der Waals surface area contributed by atoms with Crippen LogP contribution in [-0.2, 0) is 4.79 Å². The topological polar surface area (TPSA) is 81.1 Å². The van der Waals surface area contributed by atoms with E-state index in [2.05, 4.69) is 0 Å². The zero-order valence-electron chi connectivity index (χ0n) is 12.6. The second kappa shape index (κ2) is 6.92. The molecule has 1 aliphatic heterocycles. The van der Waals surface area contributed by atoms with Gasteiger partial charge in [-0.2, -0.15) is 0 Å². The summed E-state index contributed by atoms with van der Waals surface area (Å²) >= 11 is 0. The molecule has 0 aliphatic carbocycles. The van der Waals surface area contributed by atoms with E-state index in [4.69, 9.17) is 5.11 Å². The Bertz CT molecular complexity index is 345. The lowest BCUT2D eigenvalue weighted by molar-refractivity contribution is -0.137. The first-order valence-corrected chi connectivity index (χ1v) is 7.22. The number of aliphatic hydroxyl groups is 1. The van der Waals surface area contributed by atoms with Crippen molar-refractivity contribution in [3.05, 3.63) is 0 Å². The fourth-order valence-electron chi connectivity index (χ4n) is 2.34. The Balaban J connectivity index is 2.54. The number of carboxylic acid groups (broad SMARTS) is 1. The lowest BCUT2D eigenvalue weighted by Crippen LogP contribution is -2.52. The maximum absolute atomic E-state index is 12.4. The molecule has 0 atom stereocenters. The summed E-state index contributed by atoms with van der Waals surface area (Å²) in [4.78, 5) is 26.5. The van der Waals surface area contributed by atoms with Gasteiger partial charge in [0.25, 0.3) is 0 Å². The van der Waals surface area contributed by atoms with E-state index in [1.54, 1.807) is 16.7 Å². The van der Waals surface area contributed by atoms with Crippen LogP contribution < -0.4 is 0 Å². The molecule has 0 saturated carbocycles. The number of nitrogens with zero attached hydrogens (tertiary/aromatic N) is 2. The average molecular weight is 286 g/mol. The zero-order valence-corrected chi connectivity index (χ0v) is 12.6. The lowest BCUT2D eigenvalue weighted by atomic mass is 9.94. The molecule has 1 heterocycles. The van der Waals surface area contributed by atoms with E-state index < -0.39 is 11.6 Å². The first kappa shape index (κ1) is 16.8. The lowest BCUT2D eigenvalue weighted by Gasteiger charge is -2.39. The molecule has 2 N–H and O–H groups in total. The van der Waals surface area contributed by atoms with Crippen LogP contribution in [0.1, 0.15) is 46.5 Å². The number of likely N-dealkylation sites (tertiary alicyclic amines) is 1. The van der Waals surface area contributed by atoms with Crippen LogP contribution in [-0.4, -0.2) is 63.3 Å². The molecule has 116 valence electrons. The van der Waals surface area contributed by atoms with Gasteiger partial charge in [-0.05, 0) is 40.0 Å². The summed E-state index contributed by atoms with van der Waals surface area (Å²) in [6.45, 7) is 7.21. The van der Waals surface area contributed by atoms with Crippen LogP contribution in [0.2, 0.25) is 0 Å². The molecule has 1 rings (SSSR count).